The molecule has 1 unspecified atom stereocenters. The number of carbonyl (C=O) groups excluding carboxylic acids is 1. The van der Waals surface area contributed by atoms with Crippen LogP contribution in [0.15, 0.2) is 49.1 Å². The van der Waals surface area contributed by atoms with Gasteiger partial charge in [-0.2, -0.15) is 0 Å². The molecular formula is C11H9N3O4. The first-order chi connectivity index (χ1) is 8.68. The zero-order valence-electron chi connectivity index (χ0n) is 9.17. The Morgan fingerprint density at radius 1 is 1.39 bits per heavy atom. The summed E-state index contributed by atoms with van der Waals surface area (Å²) in [7, 11) is 0. The summed E-state index contributed by atoms with van der Waals surface area (Å²) >= 11 is 0. The molecular weight excluding hydrogens is 238 g/mol. The predicted octanol–water partition coefficient (Wildman–Crippen LogP) is 1.84. The maximum atomic E-state index is 11.6. The minimum Gasteiger partial charge on any atom is -0.377 e. The van der Waals surface area contributed by atoms with Gasteiger partial charge in [0.2, 0.25) is 0 Å². The number of hydrogen-bond acceptors (Lipinski definition) is 5. The van der Waals surface area contributed by atoms with Crippen molar-refractivity contribution >= 4 is 6.09 Å². The standard InChI is InChI=1S/C11H9N3O4/c15-11(13-7-6-12-8-13)18-10(14(16)17)9-4-2-1-3-5-9/h1-8,10H. The maximum Gasteiger partial charge on any atom is 0.424 e. The van der Waals surface area contributed by atoms with Gasteiger partial charge in [-0.15, -0.1) is 0 Å². The first-order valence-corrected chi connectivity index (χ1v) is 5.06. The zero-order chi connectivity index (χ0) is 13.0. The van der Waals surface area contributed by atoms with Crippen LogP contribution in [0.1, 0.15) is 11.8 Å². The molecule has 1 heterocycles. The van der Waals surface area contributed by atoms with Gasteiger partial charge in [0.15, 0.2) is 0 Å². The van der Waals surface area contributed by atoms with Gasteiger partial charge in [-0.3, -0.25) is 10.1 Å². The van der Waals surface area contributed by atoms with Crippen LogP contribution in [0.5, 0.6) is 0 Å². The van der Waals surface area contributed by atoms with Crippen molar-refractivity contribution in [2.45, 2.75) is 6.23 Å². The highest BCUT2D eigenvalue weighted by Gasteiger charge is 2.27. The Labute approximate surface area is 102 Å². The van der Waals surface area contributed by atoms with Gasteiger partial charge in [-0.25, -0.2) is 14.3 Å². The summed E-state index contributed by atoms with van der Waals surface area (Å²) in [6.07, 6.45) is 1.57. The second-order valence-corrected chi connectivity index (χ2v) is 3.40. The summed E-state index contributed by atoms with van der Waals surface area (Å²) < 4.78 is 5.85. The first kappa shape index (κ1) is 11.8. The fourth-order valence-corrected chi connectivity index (χ4v) is 1.37. The normalized spacial score (nSPS) is 11.8. The summed E-state index contributed by atoms with van der Waals surface area (Å²) in [6.45, 7) is 0. The SMILES string of the molecule is O=C(OC(c1ccccc1)[N+](=O)[O-])n1ccnc1. The lowest BCUT2D eigenvalue weighted by Crippen LogP contribution is -2.21. The molecule has 0 radical (unpaired) electrons. The van der Waals surface area contributed by atoms with E-state index in [1.54, 1.807) is 18.2 Å². The molecule has 18 heavy (non-hydrogen) atoms. The van der Waals surface area contributed by atoms with Crippen molar-refractivity contribution in [2.75, 3.05) is 0 Å². The number of nitro groups is 1. The fraction of sp³-hybridized carbons (Fsp3) is 0.0909. The first-order valence-electron chi connectivity index (χ1n) is 5.06. The molecule has 7 nitrogen and oxygen atoms in total. The summed E-state index contributed by atoms with van der Waals surface area (Å²) in [5, 5.41) is 10.9. The fourth-order valence-electron chi connectivity index (χ4n) is 1.37. The summed E-state index contributed by atoms with van der Waals surface area (Å²) in [5.41, 5.74) is 0.302. The lowest BCUT2D eigenvalue weighted by molar-refractivity contribution is -0.574. The Balaban J connectivity index is 2.18. The van der Waals surface area contributed by atoms with Gasteiger partial charge in [0, 0.05) is 12.4 Å². The van der Waals surface area contributed by atoms with Crippen LogP contribution in [-0.4, -0.2) is 20.6 Å². The lowest BCUT2D eigenvalue weighted by Gasteiger charge is -2.10. The number of benzene rings is 1. The molecule has 92 valence electrons. The molecule has 0 aliphatic carbocycles. The molecule has 0 bridgehead atoms. The van der Waals surface area contributed by atoms with Crippen LogP contribution in [0.25, 0.3) is 0 Å². The number of carbonyl (C=O) groups is 1. The maximum absolute atomic E-state index is 11.6. The Kier molecular flexibility index (Phi) is 3.33. The van der Waals surface area contributed by atoms with Crippen molar-refractivity contribution in [1.29, 1.82) is 0 Å². The van der Waals surface area contributed by atoms with E-state index >= 15 is 0 Å². The van der Waals surface area contributed by atoms with E-state index in [0.717, 1.165) is 4.57 Å². The second kappa shape index (κ2) is 5.09. The van der Waals surface area contributed by atoms with E-state index in [9.17, 15) is 14.9 Å². The van der Waals surface area contributed by atoms with E-state index in [4.69, 9.17) is 4.74 Å². The van der Waals surface area contributed by atoms with Crippen molar-refractivity contribution < 1.29 is 14.5 Å². The van der Waals surface area contributed by atoms with E-state index in [2.05, 4.69) is 4.98 Å². The number of aromatic nitrogens is 2. The quantitative estimate of drug-likeness (QED) is 0.469. The number of nitrogens with zero attached hydrogens (tertiary/aromatic N) is 3. The van der Waals surface area contributed by atoms with E-state index in [1.807, 2.05) is 0 Å². The van der Waals surface area contributed by atoms with E-state index in [0.29, 0.717) is 5.56 Å². The average Bonchev–Trinajstić information content (AvgIpc) is 2.90. The van der Waals surface area contributed by atoms with Gasteiger partial charge >= 0.3 is 12.3 Å². The molecule has 0 aliphatic rings. The van der Waals surface area contributed by atoms with E-state index in [1.165, 1.54) is 30.9 Å². The van der Waals surface area contributed by atoms with Crippen LogP contribution in [0.2, 0.25) is 0 Å². The highest BCUT2D eigenvalue weighted by molar-refractivity contribution is 5.70. The van der Waals surface area contributed by atoms with Crippen LogP contribution in [-0.2, 0) is 4.74 Å². The van der Waals surface area contributed by atoms with Gasteiger partial charge in [-0.1, -0.05) is 18.2 Å². The molecule has 0 spiro atoms. The molecule has 0 fully saturated rings. The Morgan fingerprint density at radius 2 is 2.11 bits per heavy atom. The van der Waals surface area contributed by atoms with Gasteiger partial charge in [0.05, 0.1) is 10.5 Å². The van der Waals surface area contributed by atoms with Crippen molar-refractivity contribution in [2.24, 2.45) is 0 Å². The van der Waals surface area contributed by atoms with Crippen LogP contribution in [0, 0.1) is 10.1 Å². The number of rotatable bonds is 3. The minimum atomic E-state index is -1.53. The topological polar surface area (TPSA) is 87.3 Å². The van der Waals surface area contributed by atoms with Crippen molar-refractivity contribution in [1.82, 2.24) is 9.55 Å². The molecule has 1 aromatic heterocycles. The molecule has 0 aliphatic heterocycles. The molecule has 1 aromatic carbocycles. The minimum absolute atomic E-state index is 0.302. The van der Waals surface area contributed by atoms with Crippen LogP contribution in [0.4, 0.5) is 4.79 Å². The largest absolute Gasteiger partial charge is 0.424 e. The van der Waals surface area contributed by atoms with Crippen molar-refractivity contribution in [3.05, 3.63) is 64.7 Å². The Morgan fingerprint density at radius 3 is 2.67 bits per heavy atom. The number of hydrogen-bond donors (Lipinski definition) is 0. The molecule has 0 N–H and O–H groups in total. The summed E-state index contributed by atoms with van der Waals surface area (Å²) in [4.78, 5) is 25.5. The third-order valence-corrected chi connectivity index (χ3v) is 2.20. The lowest BCUT2D eigenvalue weighted by atomic mass is 10.2. The van der Waals surface area contributed by atoms with E-state index in [-0.39, 0.29) is 0 Å². The third-order valence-electron chi connectivity index (χ3n) is 2.20. The van der Waals surface area contributed by atoms with Crippen LogP contribution < -0.4 is 0 Å². The molecule has 0 saturated heterocycles. The number of imidazole rings is 1. The Bertz CT molecular complexity index is 539. The molecule has 1 atom stereocenters. The van der Waals surface area contributed by atoms with E-state index < -0.39 is 17.2 Å². The van der Waals surface area contributed by atoms with Crippen molar-refractivity contribution in [3.63, 3.8) is 0 Å². The second-order valence-electron chi connectivity index (χ2n) is 3.40. The average molecular weight is 247 g/mol. The summed E-state index contributed by atoms with van der Waals surface area (Å²) in [5.74, 6) is 0. The van der Waals surface area contributed by atoms with Gasteiger partial charge in [0.25, 0.3) is 0 Å². The number of ether oxygens (including phenoxy) is 1. The smallest absolute Gasteiger partial charge is 0.377 e. The molecule has 2 rings (SSSR count). The predicted molar refractivity (Wildman–Crippen MR) is 60.3 cm³/mol. The molecule has 0 amide bonds. The van der Waals surface area contributed by atoms with Crippen molar-refractivity contribution in [3.8, 4) is 0 Å². The molecule has 0 saturated carbocycles. The van der Waals surface area contributed by atoms with Gasteiger partial charge in [-0.05, 0) is 12.1 Å². The molecule has 7 heteroatoms. The summed E-state index contributed by atoms with van der Waals surface area (Å²) in [6, 6.07) is 8.04. The zero-order valence-corrected chi connectivity index (χ0v) is 9.17. The Hall–Kier alpha value is -2.70. The highest BCUT2D eigenvalue weighted by Crippen LogP contribution is 2.18. The molecule has 2 aromatic rings. The highest BCUT2D eigenvalue weighted by atomic mass is 16.7. The van der Waals surface area contributed by atoms with Crippen LogP contribution in [0.3, 0.4) is 0 Å². The van der Waals surface area contributed by atoms with Gasteiger partial charge < -0.3 is 4.74 Å². The van der Waals surface area contributed by atoms with Crippen LogP contribution >= 0.6 is 0 Å². The van der Waals surface area contributed by atoms with Gasteiger partial charge in [0.1, 0.15) is 6.33 Å². The third kappa shape index (κ3) is 2.51. The monoisotopic (exact) mass is 247 g/mol.